The minimum atomic E-state index is 0.00947. The lowest BCUT2D eigenvalue weighted by Gasteiger charge is -2.24. The van der Waals surface area contributed by atoms with Gasteiger partial charge in [-0.15, -0.1) is 0 Å². The zero-order chi connectivity index (χ0) is 22.0. The minimum absolute atomic E-state index is 0.00947. The van der Waals surface area contributed by atoms with Gasteiger partial charge in [-0.1, -0.05) is 69.3 Å². The monoisotopic (exact) mass is 418 g/mol. The number of rotatable bonds is 1. The summed E-state index contributed by atoms with van der Waals surface area (Å²) in [6, 6.07) is 19.5. The molecule has 0 fully saturated rings. The molecule has 2 aromatic heterocycles. The Bertz CT molecular complexity index is 1520. The molecule has 1 aliphatic rings. The third-order valence-electron chi connectivity index (χ3n) is 6.85. The van der Waals surface area contributed by atoms with Crippen molar-refractivity contribution in [2.45, 2.75) is 46.0 Å². The molecule has 0 N–H and O–H groups in total. The molecule has 0 amide bonds. The second-order valence-corrected chi connectivity index (χ2v) is 9.86. The Kier molecular flexibility index (Phi) is 4.07. The fourth-order valence-electron chi connectivity index (χ4n) is 5.20. The molecule has 0 saturated heterocycles. The van der Waals surface area contributed by atoms with E-state index in [9.17, 15) is 0 Å². The summed E-state index contributed by atoms with van der Waals surface area (Å²) in [5.74, 6) is 0.957. The summed E-state index contributed by atoms with van der Waals surface area (Å²) in [7, 11) is 0. The van der Waals surface area contributed by atoms with Gasteiger partial charge in [-0.05, 0) is 58.7 Å². The third-order valence-corrected chi connectivity index (χ3v) is 6.85. The van der Waals surface area contributed by atoms with Gasteiger partial charge >= 0.3 is 0 Å². The van der Waals surface area contributed by atoms with Crippen molar-refractivity contribution >= 4 is 21.9 Å². The topological polar surface area (TPSA) is 38.9 Å². The van der Waals surface area contributed by atoms with Crippen LogP contribution in [0.2, 0.25) is 0 Å². The van der Waals surface area contributed by atoms with Gasteiger partial charge in [-0.3, -0.25) is 0 Å². The summed E-state index contributed by atoms with van der Waals surface area (Å²) in [6.07, 6.45) is 3.65. The summed E-state index contributed by atoms with van der Waals surface area (Å²) < 4.78 is 6.57. The summed E-state index contributed by atoms with van der Waals surface area (Å²) >= 11 is 0. The van der Waals surface area contributed by atoms with Crippen LogP contribution >= 0.6 is 0 Å². The van der Waals surface area contributed by atoms with Crippen LogP contribution in [0.25, 0.3) is 44.5 Å². The van der Waals surface area contributed by atoms with Gasteiger partial charge in [-0.2, -0.15) is 0 Å². The molecule has 3 heteroatoms. The van der Waals surface area contributed by atoms with Crippen LogP contribution in [0.1, 0.15) is 43.0 Å². The quantitative estimate of drug-likeness (QED) is 0.284. The molecule has 158 valence electrons. The average Bonchev–Trinajstić information content (AvgIpc) is 3.18. The van der Waals surface area contributed by atoms with E-state index in [1.807, 2.05) is 0 Å². The fourth-order valence-corrected chi connectivity index (χ4v) is 5.20. The number of aryl methyl sites for hydroxylation is 3. The van der Waals surface area contributed by atoms with Crippen LogP contribution in [0.5, 0.6) is 0 Å². The predicted molar refractivity (Wildman–Crippen MR) is 131 cm³/mol. The first-order chi connectivity index (χ1) is 15.4. The molecule has 0 aliphatic heterocycles. The average molecular weight is 419 g/mol. The molecule has 0 radical (unpaired) electrons. The first-order valence-electron chi connectivity index (χ1n) is 11.3. The molecule has 0 unspecified atom stereocenters. The molecule has 32 heavy (non-hydrogen) atoms. The van der Waals surface area contributed by atoms with Crippen molar-refractivity contribution in [3.8, 4) is 22.6 Å². The highest BCUT2D eigenvalue weighted by molar-refractivity contribution is 6.00. The zero-order valence-electron chi connectivity index (χ0n) is 19.0. The molecule has 0 bridgehead atoms. The Morgan fingerprint density at radius 1 is 0.844 bits per heavy atom. The second kappa shape index (κ2) is 6.77. The molecular formula is C29H26N2O. The van der Waals surface area contributed by atoms with Gasteiger partial charge in [-0.25, -0.2) is 9.97 Å². The van der Waals surface area contributed by atoms with Crippen LogP contribution in [0, 0.1) is 6.92 Å². The van der Waals surface area contributed by atoms with Gasteiger partial charge in [0, 0.05) is 16.7 Å². The standard InChI is InChI=1S/C29H26N2O/c1-17-19-10-7-8-12-21(19)24(29(2,3)4)15-23(17)26-28-25(30-16-31-26)22-14-13-18-9-5-6-11-20(18)27(22)32-28/h5-12,15-16H,13-14H2,1-4H3. The van der Waals surface area contributed by atoms with Crippen molar-refractivity contribution in [2.75, 3.05) is 0 Å². The van der Waals surface area contributed by atoms with Crippen molar-refractivity contribution < 1.29 is 4.42 Å². The number of fused-ring (bicyclic) bond motifs is 6. The Morgan fingerprint density at radius 3 is 2.41 bits per heavy atom. The van der Waals surface area contributed by atoms with E-state index in [1.165, 1.54) is 38.6 Å². The van der Waals surface area contributed by atoms with Gasteiger partial charge in [0.25, 0.3) is 0 Å². The van der Waals surface area contributed by atoms with E-state index in [-0.39, 0.29) is 5.41 Å². The van der Waals surface area contributed by atoms with E-state index < -0.39 is 0 Å². The normalized spacial score (nSPS) is 13.4. The van der Waals surface area contributed by atoms with Crippen LogP contribution in [-0.2, 0) is 18.3 Å². The Hall–Kier alpha value is -3.46. The highest BCUT2D eigenvalue weighted by atomic mass is 16.3. The highest BCUT2D eigenvalue weighted by Crippen LogP contribution is 2.43. The van der Waals surface area contributed by atoms with E-state index in [4.69, 9.17) is 9.40 Å². The maximum absolute atomic E-state index is 6.57. The molecular weight excluding hydrogens is 392 g/mol. The first-order valence-corrected chi connectivity index (χ1v) is 11.3. The number of aromatic nitrogens is 2. The zero-order valence-corrected chi connectivity index (χ0v) is 19.0. The number of furan rings is 1. The first kappa shape index (κ1) is 19.2. The smallest absolute Gasteiger partial charge is 0.179 e. The fraction of sp³-hybridized carbons (Fsp3) is 0.241. The Morgan fingerprint density at radius 2 is 1.59 bits per heavy atom. The SMILES string of the molecule is Cc1c(-c2ncnc3c4c(oc23)-c2ccccc2CC4)cc(C(C)(C)C)c2ccccc12. The molecule has 0 atom stereocenters. The lowest BCUT2D eigenvalue weighted by molar-refractivity contribution is 0.596. The summed E-state index contributed by atoms with van der Waals surface area (Å²) in [5, 5.41) is 2.57. The maximum atomic E-state index is 6.57. The number of nitrogens with zero attached hydrogens (tertiary/aromatic N) is 2. The van der Waals surface area contributed by atoms with Crippen molar-refractivity contribution in [3.63, 3.8) is 0 Å². The molecule has 1 aliphatic carbocycles. The molecule has 2 heterocycles. The van der Waals surface area contributed by atoms with Crippen LogP contribution < -0.4 is 0 Å². The van der Waals surface area contributed by atoms with Gasteiger partial charge in [0.15, 0.2) is 5.58 Å². The van der Waals surface area contributed by atoms with E-state index >= 15 is 0 Å². The van der Waals surface area contributed by atoms with Crippen molar-refractivity contribution in [1.82, 2.24) is 9.97 Å². The summed E-state index contributed by atoms with van der Waals surface area (Å²) in [4.78, 5) is 9.43. The van der Waals surface area contributed by atoms with Crippen molar-refractivity contribution in [2.24, 2.45) is 0 Å². The number of hydrogen-bond acceptors (Lipinski definition) is 3. The number of hydrogen-bond donors (Lipinski definition) is 0. The van der Waals surface area contributed by atoms with E-state index in [0.29, 0.717) is 0 Å². The van der Waals surface area contributed by atoms with Crippen LogP contribution in [0.4, 0.5) is 0 Å². The van der Waals surface area contributed by atoms with Crippen LogP contribution in [-0.4, -0.2) is 9.97 Å². The largest absolute Gasteiger partial charge is 0.452 e. The van der Waals surface area contributed by atoms with Gasteiger partial charge < -0.3 is 4.42 Å². The second-order valence-electron chi connectivity index (χ2n) is 9.86. The van der Waals surface area contributed by atoms with Crippen LogP contribution in [0.3, 0.4) is 0 Å². The molecule has 0 saturated carbocycles. The molecule has 6 rings (SSSR count). The summed E-state index contributed by atoms with van der Waals surface area (Å²) in [5.41, 5.74) is 10.0. The lowest BCUT2D eigenvalue weighted by atomic mass is 9.80. The minimum Gasteiger partial charge on any atom is -0.452 e. The van der Waals surface area contributed by atoms with Gasteiger partial charge in [0.1, 0.15) is 23.3 Å². The Labute approximate surface area is 188 Å². The van der Waals surface area contributed by atoms with E-state index in [2.05, 4.69) is 87.3 Å². The third kappa shape index (κ3) is 2.74. The number of benzene rings is 3. The van der Waals surface area contributed by atoms with E-state index in [0.717, 1.165) is 41.0 Å². The maximum Gasteiger partial charge on any atom is 0.179 e. The molecule has 5 aromatic rings. The predicted octanol–water partition coefficient (Wildman–Crippen LogP) is 7.41. The van der Waals surface area contributed by atoms with Crippen LogP contribution in [0.15, 0.2) is 65.3 Å². The van der Waals surface area contributed by atoms with Gasteiger partial charge in [0.05, 0.1) is 0 Å². The van der Waals surface area contributed by atoms with Gasteiger partial charge in [0.2, 0.25) is 0 Å². The molecule has 3 aromatic carbocycles. The summed E-state index contributed by atoms with van der Waals surface area (Å²) in [6.45, 7) is 9.00. The van der Waals surface area contributed by atoms with Crippen molar-refractivity contribution in [1.29, 1.82) is 0 Å². The van der Waals surface area contributed by atoms with E-state index in [1.54, 1.807) is 6.33 Å². The highest BCUT2D eigenvalue weighted by Gasteiger charge is 2.27. The Balaban J connectivity index is 1.67. The van der Waals surface area contributed by atoms with Crippen molar-refractivity contribution in [3.05, 3.63) is 83.2 Å². The lowest BCUT2D eigenvalue weighted by Crippen LogP contribution is -2.12. The molecule has 0 spiro atoms. The molecule has 3 nitrogen and oxygen atoms in total.